The number of amides is 1. The Kier molecular flexibility index (Phi) is 7.36. The molecule has 1 unspecified atom stereocenters. The second-order valence-electron chi connectivity index (χ2n) is 7.95. The molecule has 1 amide bonds. The van der Waals surface area contributed by atoms with Crippen molar-refractivity contribution in [1.29, 1.82) is 0 Å². The van der Waals surface area contributed by atoms with Crippen LogP contribution in [0.25, 0.3) is 11.4 Å². The fourth-order valence-corrected chi connectivity index (χ4v) is 4.42. The summed E-state index contributed by atoms with van der Waals surface area (Å²) in [4.78, 5) is 33.6. The normalized spacial score (nSPS) is 15.2. The van der Waals surface area contributed by atoms with E-state index in [0.29, 0.717) is 40.9 Å². The van der Waals surface area contributed by atoms with E-state index in [9.17, 15) is 25.0 Å². The minimum atomic E-state index is -0.517. The Bertz CT molecular complexity index is 1260. The molecule has 1 atom stereocenters. The Labute approximate surface area is 204 Å². The maximum atomic E-state index is 12.6. The van der Waals surface area contributed by atoms with Gasteiger partial charge in [0, 0.05) is 36.4 Å². The van der Waals surface area contributed by atoms with Crippen LogP contribution in [0.15, 0.2) is 47.6 Å². The molecule has 1 aliphatic rings. The summed E-state index contributed by atoms with van der Waals surface area (Å²) in [5.41, 5.74) is 1.60. The van der Waals surface area contributed by atoms with Gasteiger partial charge in [0.2, 0.25) is 5.91 Å². The number of nitrogens with zero attached hydrogens (tertiary/aromatic N) is 5. The van der Waals surface area contributed by atoms with Crippen molar-refractivity contribution in [2.24, 2.45) is 0 Å². The summed E-state index contributed by atoms with van der Waals surface area (Å²) in [5.74, 6) is 0.182. The Morgan fingerprint density at radius 1 is 1.14 bits per heavy atom. The molecule has 1 saturated heterocycles. The minimum Gasteiger partial charge on any atom is -0.376 e. The van der Waals surface area contributed by atoms with Gasteiger partial charge >= 0.3 is 0 Å². The third kappa shape index (κ3) is 5.81. The summed E-state index contributed by atoms with van der Waals surface area (Å²) >= 11 is 1.18. The second-order valence-corrected chi connectivity index (χ2v) is 8.89. The van der Waals surface area contributed by atoms with Crippen molar-refractivity contribution in [2.75, 3.05) is 17.7 Å². The highest BCUT2D eigenvalue weighted by molar-refractivity contribution is 7.99. The van der Waals surface area contributed by atoms with Gasteiger partial charge in [0.25, 0.3) is 11.4 Å². The summed E-state index contributed by atoms with van der Waals surface area (Å²) in [5, 5.41) is 33.7. The number of carbonyl (C=O) groups excluding carboxylic acids is 1. The number of anilines is 1. The highest BCUT2D eigenvalue weighted by Gasteiger charge is 2.23. The lowest BCUT2D eigenvalue weighted by atomic mass is 10.2. The van der Waals surface area contributed by atoms with E-state index in [2.05, 4.69) is 15.5 Å². The predicted molar refractivity (Wildman–Crippen MR) is 128 cm³/mol. The Morgan fingerprint density at radius 2 is 1.86 bits per heavy atom. The molecule has 3 aromatic rings. The third-order valence-electron chi connectivity index (χ3n) is 5.50. The molecule has 13 heteroatoms. The van der Waals surface area contributed by atoms with Crippen molar-refractivity contribution < 1.29 is 19.4 Å². The topological polar surface area (TPSA) is 155 Å². The van der Waals surface area contributed by atoms with Crippen LogP contribution in [0, 0.1) is 27.2 Å². The van der Waals surface area contributed by atoms with E-state index in [1.807, 2.05) is 4.57 Å². The summed E-state index contributed by atoms with van der Waals surface area (Å²) in [6.07, 6.45) is 1.81. The molecule has 1 fully saturated rings. The third-order valence-corrected chi connectivity index (χ3v) is 6.47. The number of aromatic nitrogens is 3. The zero-order chi connectivity index (χ0) is 24.9. The molecule has 0 bridgehead atoms. The predicted octanol–water partition coefficient (Wildman–Crippen LogP) is 3.98. The molecule has 1 N–H and O–H groups in total. The maximum Gasteiger partial charge on any atom is 0.271 e. The first-order chi connectivity index (χ1) is 16.8. The van der Waals surface area contributed by atoms with Crippen LogP contribution >= 0.6 is 11.8 Å². The quantitative estimate of drug-likeness (QED) is 0.262. The lowest BCUT2D eigenvalue weighted by Crippen LogP contribution is -2.18. The van der Waals surface area contributed by atoms with Crippen molar-refractivity contribution in [3.8, 4) is 11.4 Å². The molecule has 0 spiro atoms. The van der Waals surface area contributed by atoms with Crippen molar-refractivity contribution in [3.05, 3.63) is 68.3 Å². The van der Waals surface area contributed by atoms with Crippen LogP contribution in [0.3, 0.4) is 0 Å². The average molecular weight is 499 g/mol. The van der Waals surface area contributed by atoms with Crippen LogP contribution in [0.2, 0.25) is 0 Å². The van der Waals surface area contributed by atoms with E-state index in [1.54, 1.807) is 25.1 Å². The molecule has 0 radical (unpaired) electrons. The van der Waals surface area contributed by atoms with Gasteiger partial charge in [-0.3, -0.25) is 29.6 Å². The van der Waals surface area contributed by atoms with Gasteiger partial charge in [-0.05, 0) is 37.5 Å². The van der Waals surface area contributed by atoms with Crippen molar-refractivity contribution >= 4 is 34.7 Å². The number of hydrogen-bond donors (Lipinski definition) is 1. The molecule has 12 nitrogen and oxygen atoms in total. The van der Waals surface area contributed by atoms with Crippen molar-refractivity contribution in [3.63, 3.8) is 0 Å². The number of nitro groups is 2. The molecule has 182 valence electrons. The van der Waals surface area contributed by atoms with Gasteiger partial charge in [0.1, 0.15) is 0 Å². The zero-order valence-corrected chi connectivity index (χ0v) is 19.6. The van der Waals surface area contributed by atoms with Crippen LogP contribution in [-0.4, -0.2) is 49.0 Å². The molecule has 35 heavy (non-hydrogen) atoms. The number of benzene rings is 2. The molecular weight excluding hydrogens is 476 g/mol. The van der Waals surface area contributed by atoms with Gasteiger partial charge in [0.05, 0.1) is 33.9 Å². The fourth-order valence-electron chi connectivity index (χ4n) is 3.67. The molecule has 2 heterocycles. The van der Waals surface area contributed by atoms with Crippen LogP contribution in [0.1, 0.15) is 18.4 Å². The number of ether oxygens (including phenoxy) is 1. The fraction of sp³-hybridized carbons (Fsp3) is 0.318. The Balaban J connectivity index is 1.52. The minimum absolute atomic E-state index is 0.00600. The number of non-ortho nitro benzene ring substituents is 2. The molecule has 1 aliphatic heterocycles. The van der Waals surface area contributed by atoms with Crippen LogP contribution in [-0.2, 0) is 16.1 Å². The number of thioether (sulfide) groups is 1. The number of carbonyl (C=O) groups is 1. The largest absolute Gasteiger partial charge is 0.376 e. The summed E-state index contributed by atoms with van der Waals surface area (Å²) < 4.78 is 7.62. The number of rotatable bonds is 9. The summed E-state index contributed by atoms with van der Waals surface area (Å²) in [6, 6.07) is 10.3. The first-order valence-corrected chi connectivity index (χ1v) is 11.8. The van der Waals surface area contributed by atoms with Gasteiger partial charge in [0.15, 0.2) is 11.0 Å². The molecular formula is C22H22N6O6S. The van der Waals surface area contributed by atoms with Gasteiger partial charge in [-0.2, -0.15) is 0 Å². The second kappa shape index (κ2) is 10.6. The van der Waals surface area contributed by atoms with E-state index in [4.69, 9.17) is 4.74 Å². The zero-order valence-electron chi connectivity index (χ0n) is 18.7. The van der Waals surface area contributed by atoms with Gasteiger partial charge in [-0.15, -0.1) is 10.2 Å². The molecule has 0 saturated carbocycles. The maximum absolute atomic E-state index is 12.6. The number of hydrogen-bond acceptors (Lipinski definition) is 9. The van der Waals surface area contributed by atoms with Gasteiger partial charge < -0.3 is 10.1 Å². The average Bonchev–Trinajstić information content (AvgIpc) is 3.49. The molecule has 2 aromatic carbocycles. The number of nitrogens with one attached hydrogen (secondary N) is 1. The van der Waals surface area contributed by atoms with Gasteiger partial charge in [-0.1, -0.05) is 17.8 Å². The van der Waals surface area contributed by atoms with Crippen LogP contribution in [0.4, 0.5) is 17.1 Å². The highest BCUT2D eigenvalue weighted by Crippen LogP contribution is 2.28. The lowest BCUT2D eigenvalue weighted by Gasteiger charge is -2.15. The van der Waals surface area contributed by atoms with Crippen LogP contribution < -0.4 is 5.32 Å². The summed E-state index contributed by atoms with van der Waals surface area (Å²) in [6.45, 7) is 2.90. The van der Waals surface area contributed by atoms with Crippen molar-refractivity contribution in [1.82, 2.24) is 14.8 Å². The standard InChI is InChI=1S/C22H22N6O6S/c1-14-4-7-17(28(32)33)11-19(14)23-20(29)13-35-22-25-24-21(26(22)12-18-3-2-10-34-18)15-5-8-16(9-6-15)27(30)31/h4-9,11,18H,2-3,10,12-13H2,1H3,(H,23,29). The molecule has 4 rings (SSSR count). The van der Waals surface area contributed by atoms with E-state index in [-0.39, 0.29) is 29.1 Å². The highest BCUT2D eigenvalue weighted by atomic mass is 32.2. The molecule has 1 aromatic heterocycles. The molecule has 0 aliphatic carbocycles. The van der Waals surface area contributed by atoms with Gasteiger partial charge in [-0.25, -0.2) is 0 Å². The number of aryl methyl sites for hydroxylation is 1. The van der Waals surface area contributed by atoms with E-state index < -0.39 is 9.85 Å². The Morgan fingerprint density at radius 3 is 2.51 bits per heavy atom. The van der Waals surface area contributed by atoms with Crippen LogP contribution in [0.5, 0.6) is 0 Å². The van der Waals surface area contributed by atoms with Crippen molar-refractivity contribution in [2.45, 2.75) is 37.6 Å². The van der Waals surface area contributed by atoms with E-state index in [1.165, 1.54) is 36.0 Å². The first-order valence-electron chi connectivity index (χ1n) is 10.8. The number of nitro benzene ring substituents is 2. The first kappa shape index (κ1) is 24.3. The van der Waals surface area contributed by atoms with E-state index in [0.717, 1.165) is 12.8 Å². The smallest absolute Gasteiger partial charge is 0.271 e. The lowest BCUT2D eigenvalue weighted by molar-refractivity contribution is -0.385. The Hall–Kier alpha value is -3.84. The monoisotopic (exact) mass is 498 g/mol. The summed E-state index contributed by atoms with van der Waals surface area (Å²) in [7, 11) is 0. The SMILES string of the molecule is Cc1ccc([N+](=O)[O-])cc1NC(=O)CSc1nnc(-c2ccc([N+](=O)[O-])cc2)n1CC1CCCO1. The van der Waals surface area contributed by atoms with E-state index >= 15 is 0 Å².